The molecular formula is C14H22FNOS. The second-order valence-corrected chi connectivity index (χ2v) is 5.58. The van der Waals surface area contributed by atoms with E-state index in [2.05, 4.69) is 13.2 Å². The molecule has 18 heavy (non-hydrogen) atoms. The van der Waals surface area contributed by atoms with Crippen LogP contribution in [0.25, 0.3) is 0 Å². The minimum Gasteiger partial charge on any atom is -0.389 e. The first kappa shape index (κ1) is 15.3. The molecule has 0 heterocycles. The Hall–Kier alpha value is -0.740. The van der Waals surface area contributed by atoms with Gasteiger partial charge in [-0.25, -0.2) is 4.39 Å². The monoisotopic (exact) mass is 271 g/mol. The van der Waals surface area contributed by atoms with Crippen molar-refractivity contribution in [3.63, 3.8) is 0 Å². The summed E-state index contributed by atoms with van der Waals surface area (Å²) in [7, 11) is 1.88. The summed E-state index contributed by atoms with van der Waals surface area (Å²) in [6, 6.07) is 5.10. The van der Waals surface area contributed by atoms with Crippen LogP contribution in [-0.4, -0.2) is 30.2 Å². The molecule has 4 heteroatoms. The van der Waals surface area contributed by atoms with Gasteiger partial charge in [0.2, 0.25) is 0 Å². The van der Waals surface area contributed by atoms with E-state index >= 15 is 0 Å². The molecule has 0 saturated carbocycles. The second-order valence-electron chi connectivity index (χ2n) is 4.60. The number of thioether (sulfide) groups is 1. The maximum atomic E-state index is 14.0. The van der Waals surface area contributed by atoms with Crippen molar-refractivity contribution in [3.05, 3.63) is 29.6 Å². The van der Waals surface area contributed by atoms with E-state index in [1.807, 2.05) is 11.9 Å². The van der Waals surface area contributed by atoms with Crippen LogP contribution in [0, 0.1) is 5.82 Å². The number of para-hydroxylation sites is 1. The van der Waals surface area contributed by atoms with Crippen molar-refractivity contribution in [2.24, 2.45) is 0 Å². The van der Waals surface area contributed by atoms with Crippen LogP contribution < -0.4 is 4.90 Å². The van der Waals surface area contributed by atoms with Crippen LogP contribution in [0.2, 0.25) is 0 Å². The van der Waals surface area contributed by atoms with Gasteiger partial charge in [-0.15, -0.1) is 0 Å². The van der Waals surface area contributed by atoms with Crippen LogP contribution in [0.1, 0.15) is 31.9 Å². The summed E-state index contributed by atoms with van der Waals surface area (Å²) in [4.78, 5) is 1.92. The van der Waals surface area contributed by atoms with Crippen molar-refractivity contribution in [2.75, 3.05) is 24.0 Å². The summed E-state index contributed by atoms with van der Waals surface area (Å²) in [5.41, 5.74) is 1.16. The minimum absolute atomic E-state index is 0.242. The van der Waals surface area contributed by atoms with E-state index in [-0.39, 0.29) is 11.9 Å². The summed E-state index contributed by atoms with van der Waals surface area (Å²) in [5.74, 6) is 0.774. The maximum Gasteiger partial charge on any atom is 0.146 e. The Bertz CT molecular complexity index is 384. The van der Waals surface area contributed by atoms with E-state index in [1.54, 1.807) is 30.8 Å². The molecule has 1 aromatic carbocycles. The molecule has 102 valence electrons. The molecule has 0 aromatic heterocycles. The first-order valence-corrected chi connectivity index (χ1v) is 7.56. The highest BCUT2D eigenvalue weighted by atomic mass is 32.2. The third-order valence-corrected chi connectivity index (χ3v) is 3.87. The average molecular weight is 271 g/mol. The number of benzene rings is 1. The molecule has 0 amide bonds. The number of aliphatic hydroxyl groups is 1. The van der Waals surface area contributed by atoms with Crippen molar-refractivity contribution in [1.82, 2.24) is 0 Å². The van der Waals surface area contributed by atoms with Crippen molar-refractivity contribution >= 4 is 17.4 Å². The van der Waals surface area contributed by atoms with Gasteiger partial charge in [0.1, 0.15) is 5.82 Å². The van der Waals surface area contributed by atoms with Gasteiger partial charge in [-0.3, -0.25) is 0 Å². The largest absolute Gasteiger partial charge is 0.389 e. The molecule has 0 spiro atoms. The Morgan fingerprint density at radius 3 is 2.61 bits per heavy atom. The summed E-state index contributed by atoms with van der Waals surface area (Å²) >= 11 is 1.79. The summed E-state index contributed by atoms with van der Waals surface area (Å²) in [5, 5.41) is 9.74. The Morgan fingerprint density at radius 2 is 2.06 bits per heavy atom. The lowest BCUT2D eigenvalue weighted by Gasteiger charge is -2.30. The summed E-state index contributed by atoms with van der Waals surface area (Å²) in [6.07, 6.45) is 2.40. The predicted octanol–water partition coefficient (Wildman–Crippen LogP) is 3.46. The highest BCUT2D eigenvalue weighted by Crippen LogP contribution is 2.30. The molecule has 0 radical (unpaired) electrons. The van der Waals surface area contributed by atoms with E-state index in [0.29, 0.717) is 11.3 Å². The van der Waals surface area contributed by atoms with E-state index in [1.165, 1.54) is 6.07 Å². The molecule has 0 fully saturated rings. The number of nitrogens with zero attached hydrogens (tertiary/aromatic N) is 1. The molecule has 1 N–H and O–H groups in total. The number of anilines is 1. The number of hydrogen-bond donors (Lipinski definition) is 1. The Kier molecular flexibility index (Phi) is 5.96. The van der Waals surface area contributed by atoms with Gasteiger partial charge < -0.3 is 10.0 Å². The Morgan fingerprint density at radius 1 is 1.39 bits per heavy atom. The molecule has 0 bridgehead atoms. The normalized spacial score (nSPS) is 14.3. The molecule has 0 aliphatic rings. The average Bonchev–Trinajstić information content (AvgIpc) is 2.34. The SMILES string of the molecule is CSCCC(C)N(C)c1c(F)cccc1C(C)O. The lowest BCUT2D eigenvalue weighted by atomic mass is 10.1. The van der Waals surface area contributed by atoms with Crippen LogP contribution in [0.3, 0.4) is 0 Å². The lowest BCUT2D eigenvalue weighted by Crippen LogP contribution is -2.31. The molecular weight excluding hydrogens is 249 g/mol. The lowest BCUT2D eigenvalue weighted by molar-refractivity contribution is 0.199. The number of halogens is 1. The van der Waals surface area contributed by atoms with Gasteiger partial charge in [0.05, 0.1) is 11.8 Å². The van der Waals surface area contributed by atoms with Crippen molar-refractivity contribution in [3.8, 4) is 0 Å². The minimum atomic E-state index is -0.661. The third kappa shape index (κ3) is 3.62. The van der Waals surface area contributed by atoms with Gasteiger partial charge in [-0.1, -0.05) is 12.1 Å². The van der Waals surface area contributed by atoms with E-state index in [0.717, 1.165) is 12.2 Å². The highest BCUT2D eigenvalue weighted by Gasteiger charge is 2.19. The van der Waals surface area contributed by atoms with Crippen LogP contribution in [0.4, 0.5) is 10.1 Å². The summed E-state index contributed by atoms with van der Waals surface area (Å²) in [6.45, 7) is 3.74. The van der Waals surface area contributed by atoms with Crippen molar-refractivity contribution in [1.29, 1.82) is 0 Å². The quantitative estimate of drug-likeness (QED) is 0.857. The molecule has 2 atom stereocenters. The highest BCUT2D eigenvalue weighted by molar-refractivity contribution is 7.98. The number of aliphatic hydroxyl groups excluding tert-OH is 1. The van der Waals surface area contributed by atoms with Crippen LogP contribution >= 0.6 is 11.8 Å². The summed E-state index contributed by atoms with van der Waals surface area (Å²) < 4.78 is 14.0. The molecule has 1 aromatic rings. The van der Waals surface area contributed by atoms with Crippen LogP contribution in [-0.2, 0) is 0 Å². The van der Waals surface area contributed by atoms with E-state index < -0.39 is 6.10 Å². The smallest absolute Gasteiger partial charge is 0.146 e. The van der Waals surface area contributed by atoms with Gasteiger partial charge in [0, 0.05) is 18.7 Å². The van der Waals surface area contributed by atoms with Gasteiger partial charge in [0.15, 0.2) is 0 Å². The van der Waals surface area contributed by atoms with Crippen LogP contribution in [0.15, 0.2) is 18.2 Å². The van der Waals surface area contributed by atoms with E-state index in [9.17, 15) is 9.50 Å². The first-order valence-electron chi connectivity index (χ1n) is 6.17. The van der Waals surface area contributed by atoms with Crippen molar-refractivity contribution < 1.29 is 9.50 Å². The van der Waals surface area contributed by atoms with Gasteiger partial charge in [-0.2, -0.15) is 11.8 Å². The molecule has 0 aliphatic carbocycles. The molecule has 2 unspecified atom stereocenters. The Labute approximate surface area is 113 Å². The molecule has 2 nitrogen and oxygen atoms in total. The zero-order chi connectivity index (χ0) is 13.7. The zero-order valence-corrected chi connectivity index (χ0v) is 12.3. The van der Waals surface area contributed by atoms with Gasteiger partial charge in [0.25, 0.3) is 0 Å². The first-order chi connectivity index (χ1) is 8.49. The molecule has 0 aliphatic heterocycles. The Balaban J connectivity index is 3.00. The topological polar surface area (TPSA) is 23.5 Å². The fraction of sp³-hybridized carbons (Fsp3) is 0.571. The second kappa shape index (κ2) is 7.00. The van der Waals surface area contributed by atoms with Crippen LogP contribution in [0.5, 0.6) is 0 Å². The predicted molar refractivity (Wildman–Crippen MR) is 77.9 cm³/mol. The zero-order valence-electron chi connectivity index (χ0n) is 11.5. The fourth-order valence-corrected chi connectivity index (χ4v) is 2.52. The number of hydrogen-bond acceptors (Lipinski definition) is 3. The molecule has 1 rings (SSSR count). The maximum absolute atomic E-state index is 14.0. The van der Waals surface area contributed by atoms with E-state index in [4.69, 9.17) is 0 Å². The number of rotatable bonds is 6. The van der Waals surface area contributed by atoms with Crippen molar-refractivity contribution in [2.45, 2.75) is 32.4 Å². The third-order valence-electron chi connectivity index (χ3n) is 3.22. The molecule has 0 saturated heterocycles. The fourth-order valence-electron chi connectivity index (χ4n) is 1.94. The standard InChI is InChI=1S/C14H22FNOS/c1-10(8-9-18-4)16(3)14-12(11(2)17)6-5-7-13(14)15/h5-7,10-11,17H,8-9H2,1-4H3. The van der Waals surface area contributed by atoms with Gasteiger partial charge in [-0.05, 0) is 38.3 Å². The van der Waals surface area contributed by atoms with Gasteiger partial charge >= 0.3 is 0 Å².